The summed E-state index contributed by atoms with van der Waals surface area (Å²) in [5.74, 6) is -0.578. The van der Waals surface area contributed by atoms with Gasteiger partial charge in [-0.2, -0.15) is 0 Å². The van der Waals surface area contributed by atoms with Gasteiger partial charge in [0.05, 0.1) is 16.6 Å². The third-order valence-electron chi connectivity index (χ3n) is 2.61. The Hall–Kier alpha value is -1.76. The van der Waals surface area contributed by atoms with E-state index in [0.717, 1.165) is 0 Å². The molecule has 0 saturated heterocycles. The number of anilines is 1. The Morgan fingerprint density at radius 2 is 2.00 bits per heavy atom. The number of hydrogen-bond acceptors (Lipinski definition) is 5. The van der Waals surface area contributed by atoms with Crippen LogP contribution in [0, 0.1) is 0 Å². The molecular formula is C12H18N2O4S. The Bertz CT molecular complexity index is 567. The van der Waals surface area contributed by atoms with E-state index in [1.165, 1.54) is 18.2 Å². The van der Waals surface area contributed by atoms with Gasteiger partial charge in [0.15, 0.2) is 9.84 Å². The lowest BCUT2D eigenvalue weighted by Gasteiger charge is -2.12. The first-order valence-corrected chi connectivity index (χ1v) is 7.49. The first kappa shape index (κ1) is 15.3. The second-order valence-electron chi connectivity index (χ2n) is 4.38. The monoisotopic (exact) mass is 286 g/mol. The van der Waals surface area contributed by atoms with E-state index < -0.39 is 21.0 Å². The van der Waals surface area contributed by atoms with Crippen LogP contribution in [0.3, 0.4) is 0 Å². The molecule has 0 aromatic heterocycles. The maximum absolute atomic E-state index is 11.6. The van der Waals surface area contributed by atoms with Crippen LogP contribution in [0.25, 0.3) is 0 Å². The van der Waals surface area contributed by atoms with Crippen LogP contribution in [0.4, 0.5) is 5.69 Å². The molecule has 1 amide bonds. The van der Waals surface area contributed by atoms with Gasteiger partial charge in [0.2, 0.25) is 0 Å². The number of amides is 1. The summed E-state index contributed by atoms with van der Waals surface area (Å²) in [7, 11) is -3.18. The van der Waals surface area contributed by atoms with Crippen molar-refractivity contribution in [1.29, 1.82) is 0 Å². The van der Waals surface area contributed by atoms with Crippen LogP contribution < -0.4 is 16.2 Å². The van der Waals surface area contributed by atoms with Gasteiger partial charge in [-0.15, -0.1) is 0 Å². The van der Waals surface area contributed by atoms with Crippen molar-refractivity contribution in [3.05, 3.63) is 23.8 Å². The van der Waals surface area contributed by atoms with Crippen LogP contribution in [-0.2, 0) is 9.84 Å². The summed E-state index contributed by atoms with van der Waals surface area (Å²) in [4.78, 5) is 11.2. The molecular weight excluding hydrogens is 268 g/mol. The molecule has 0 heterocycles. The fourth-order valence-electron chi connectivity index (χ4n) is 1.37. The van der Waals surface area contributed by atoms with Crippen molar-refractivity contribution in [2.24, 2.45) is 5.73 Å². The number of primary amides is 1. The number of benzene rings is 1. The number of carbonyl (C=O) groups is 1. The van der Waals surface area contributed by atoms with Gasteiger partial charge in [-0.3, -0.25) is 4.79 Å². The number of carbonyl (C=O) groups excluding carboxylic acids is 1. The molecule has 1 aromatic carbocycles. The van der Waals surface area contributed by atoms with E-state index in [4.69, 9.17) is 16.2 Å². The van der Waals surface area contributed by atoms with Crippen molar-refractivity contribution >= 4 is 21.4 Å². The molecule has 106 valence electrons. The summed E-state index contributed by atoms with van der Waals surface area (Å²) in [5.41, 5.74) is 11.4. The van der Waals surface area contributed by atoms with E-state index in [-0.39, 0.29) is 23.7 Å². The summed E-state index contributed by atoms with van der Waals surface area (Å²) in [6.07, 6.45) is 0. The Morgan fingerprint density at radius 3 is 2.53 bits per heavy atom. The van der Waals surface area contributed by atoms with Crippen molar-refractivity contribution in [2.75, 3.05) is 18.1 Å². The molecule has 7 heteroatoms. The molecule has 19 heavy (non-hydrogen) atoms. The van der Waals surface area contributed by atoms with Crippen molar-refractivity contribution in [3.8, 4) is 5.75 Å². The number of hydrogen-bond donors (Lipinski definition) is 2. The third-order valence-corrected chi connectivity index (χ3v) is 4.79. The fraction of sp³-hybridized carbons (Fsp3) is 0.417. The lowest BCUT2D eigenvalue weighted by Crippen LogP contribution is -2.22. The van der Waals surface area contributed by atoms with E-state index >= 15 is 0 Å². The maximum atomic E-state index is 11.6. The first-order chi connectivity index (χ1) is 8.74. The Labute approximate surface area is 112 Å². The van der Waals surface area contributed by atoms with Gasteiger partial charge in [0, 0.05) is 11.8 Å². The number of rotatable bonds is 6. The summed E-state index contributed by atoms with van der Waals surface area (Å²) < 4.78 is 28.5. The van der Waals surface area contributed by atoms with Gasteiger partial charge in [-0.05, 0) is 26.0 Å². The van der Waals surface area contributed by atoms with E-state index in [1.54, 1.807) is 13.8 Å². The van der Waals surface area contributed by atoms with Crippen LogP contribution in [0.2, 0.25) is 0 Å². The van der Waals surface area contributed by atoms with Crippen LogP contribution in [0.1, 0.15) is 24.2 Å². The molecule has 1 rings (SSSR count). The quantitative estimate of drug-likeness (QED) is 0.742. The minimum atomic E-state index is -3.18. The Balaban J connectivity index is 2.78. The van der Waals surface area contributed by atoms with Gasteiger partial charge in [-0.1, -0.05) is 0 Å². The zero-order valence-corrected chi connectivity index (χ0v) is 11.7. The van der Waals surface area contributed by atoms with Crippen LogP contribution >= 0.6 is 0 Å². The molecule has 0 unspecified atom stereocenters. The minimum Gasteiger partial charge on any atom is -0.492 e. The molecule has 0 spiro atoms. The first-order valence-electron chi connectivity index (χ1n) is 5.77. The largest absolute Gasteiger partial charge is 0.492 e. The lowest BCUT2D eigenvalue weighted by molar-refractivity contribution is 0.0996. The summed E-state index contributed by atoms with van der Waals surface area (Å²) in [6, 6.07) is 4.42. The number of sulfone groups is 1. The van der Waals surface area contributed by atoms with Crippen molar-refractivity contribution in [2.45, 2.75) is 19.1 Å². The zero-order chi connectivity index (χ0) is 14.6. The molecule has 1 aromatic rings. The second-order valence-corrected chi connectivity index (χ2v) is 7.06. The zero-order valence-electron chi connectivity index (χ0n) is 10.9. The van der Waals surface area contributed by atoms with Crippen LogP contribution in [0.15, 0.2) is 18.2 Å². The lowest BCUT2D eigenvalue weighted by atomic mass is 10.2. The third kappa shape index (κ3) is 4.13. The number of ether oxygens (including phenoxy) is 1. The topological polar surface area (TPSA) is 112 Å². The molecule has 0 atom stereocenters. The molecule has 0 aliphatic heterocycles. The van der Waals surface area contributed by atoms with Gasteiger partial charge >= 0.3 is 0 Å². The highest BCUT2D eigenvalue weighted by Gasteiger charge is 2.17. The van der Waals surface area contributed by atoms with Crippen LogP contribution in [0.5, 0.6) is 5.75 Å². The normalized spacial score (nSPS) is 11.5. The number of nitrogen functional groups attached to an aromatic ring is 1. The maximum Gasteiger partial charge on any atom is 0.252 e. The number of nitrogens with two attached hydrogens (primary N) is 2. The van der Waals surface area contributed by atoms with E-state index in [1.807, 2.05) is 0 Å². The highest BCUT2D eigenvalue weighted by Crippen LogP contribution is 2.21. The predicted molar refractivity (Wildman–Crippen MR) is 73.8 cm³/mol. The Kier molecular flexibility index (Phi) is 4.77. The highest BCUT2D eigenvalue weighted by atomic mass is 32.2. The average molecular weight is 286 g/mol. The van der Waals surface area contributed by atoms with E-state index in [0.29, 0.717) is 5.69 Å². The molecule has 0 aliphatic carbocycles. The standard InChI is InChI=1S/C12H18N2O4S/c1-8(2)19(16,17)6-5-18-11-7-9(13)3-4-10(11)12(14)15/h3-4,7-8H,5-6,13H2,1-2H3,(H2,14,15). The molecule has 0 saturated carbocycles. The minimum absolute atomic E-state index is 0.0513. The summed E-state index contributed by atoms with van der Waals surface area (Å²) in [6.45, 7) is 3.15. The summed E-state index contributed by atoms with van der Waals surface area (Å²) in [5, 5.41) is -0.465. The SMILES string of the molecule is CC(C)S(=O)(=O)CCOc1cc(N)ccc1C(N)=O. The highest BCUT2D eigenvalue weighted by molar-refractivity contribution is 7.91. The molecule has 0 radical (unpaired) electrons. The summed E-state index contributed by atoms with van der Waals surface area (Å²) >= 11 is 0. The van der Waals surface area contributed by atoms with Crippen molar-refractivity contribution < 1.29 is 17.9 Å². The second kappa shape index (κ2) is 5.92. The Morgan fingerprint density at radius 1 is 1.37 bits per heavy atom. The van der Waals surface area contributed by atoms with Gasteiger partial charge < -0.3 is 16.2 Å². The van der Waals surface area contributed by atoms with Gasteiger partial charge in [-0.25, -0.2) is 8.42 Å². The van der Waals surface area contributed by atoms with Gasteiger partial charge in [0.25, 0.3) is 5.91 Å². The molecule has 4 N–H and O–H groups in total. The predicted octanol–water partition coefficient (Wildman–Crippen LogP) is 0.570. The van der Waals surface area contributed by atoms with Crippen molar-refractivity contribution in [3.63, 3.8) is 0 Å². The van der Waals surface area contributed by atoms with Gasteiger partial charge in [0.1, 0.15) is 12.4 Å². The van der Waals surface area contributed by atoms with Crippen molar-refractivity contribution in [1.82, 2.24) is 0 Å². The van der Waals surface area contributed by atoms with E-state index in [2.05, 4.69) is 0 Å². The molecule has 0 bridgehead atoms. The van der Waals surface area contributed by atoms with Crippen LogP contribution in [-0.4, -0.2) is 31.9 Å². The smallest absolute Gasteiger partial charge is 0.252 e. The molecule has 0 fully saturated rings. The van der Waals surface area contributed by atoms with E-state index in [9.17, 15) is 13.2 Å². The average Bonchev–Trinajstić information content (AvgIpc) is 2.28. The fourth-order valence-corrected chi connectivity index (χ4v) is 2.15. The molecule has 6 nitrogen and oxygen atoms in total. The molecule has 0 aliphatic rings.